The van der Waals surface area contributed by atoms with E-state index >= 15 is 8.78 Å². The molecule has 2 aliphatic heterocycles. The monoisotopic (exact) mass is 601 g/mol. The van der Waals surface area contributed by atoms with Gasteiger partial charge in [-0.3, -0.25) is 9.78 Å². The van der Waals surface area contributed by atoms with Crippen LogP contribution in [0.4, 0.5) is 20.3 Å². The summed E-state index contributed by atoms with van der Waals surface area (Å²) in [5.41, 5.74) is 0.446. The molecule has 2 aliphatic rings. The van der Waals surface area contributed by atoms with Crippen molar-refractivity contribution in [2.45, 2.75) is 39.2 Å². The van der Waals surface area contributed by atoms with E-state index in [1.165, 1.54) is 22.8 Å². The summed E-state index contributed by atoms with van der Waals surface area (Å²) in [6.07, 6.45) is 3.45. The molecule has 0 radical (unpaired) electrons. The largest absolute Gasteiger partial charge is 0.507 e. The normalized spacial score (nSPS) is 16.6. The predicted octanol–water partition coefficient (Wildman–Crippen LogP) is 4.30. The molecule has 44 heavy (non-hydrogen) atoms. The summed E-state index contributed by atoms with van der Waals surface area (Å²) in [5.74, 6) is -2.24. The highest BCUT2D eigenvalue weighted by atomic mass is 19.1. The molecule has 1 saturated heterocycles. The van der Waals surface area contributed by atoms with Gasteiger partial charge < -0.3 is 19.8 Å². The number of phenolic OH excluding ortho intramolecular Hbond substituents is 1. The molecule has 1 N–H and O–H groups in total. The first-order valence-electron chi connectivity index (χ1n) is 14.5. The number of carbonyl (C=O) groups excluding carboxylic acids is 1. The third kappa shape index (κ3) is 4.56. The second-order valence-electron chi connectivity index (χ2n) is 11.6. The molecule has 3 aromatic heterocycles. The quantitative estimate of drug-likeness (QED) is 0.345. The van der Waals surface area contributed by atoms with Gasteiger partial charge in [-0.25, -0.2) is 23.1 Å². The molecule has 1 fully saturated rings. The Bertz CT molecular complexity index is 1870. The minimum atomic E-state index is -0.858. The number of benzene rings is 1. The second-order valence-corrected chi connectivity index (χ2v) is 11.6. The number of aromatic hydroxyl groups is 1. The van der Waals surface area contributed by atoms with Gasteiger partial charge in [-0.2, -0.15) is 4.98 Å². The second kappa shape index (κ2) is 11.0. The van der Waals surface area contributed by atoms with Crippen LogP contribution >= 0.6 is 0 Å². The number of nitrogens with zero attached hydrogens (tertiary/aromatic N) is 7. The van der Waals surface area contributed by atoms with Gasteiger partial charge in [0, 0.05) is 45.5 Å². The van der Waals surface area contributed by atoms with Crippen molar-refractivity contribution < 1.29 is 18.7 Å². The summed E-state index contributed by atoms with van der Waals surface area (Å²) in [5, 5.41) is 11.0. The molecule has 4 aromatic rings. The number of piperazine rings is 1. The molecule has 12 heteroatoms. The fraction of sp³-hybridized carbons (Fsp3) is 0.344. The van der Waals surface area contributed by atoms with E-state index in [-0.39, 0.29) is 40.4 Å². The van der Waals surface area contributed by atoms with E-state index in [9.17, 15) is 14.7 Å². The van der Waals surface area contributed by atoms with Gasteiger partial charge in [-0.1, -0.05) is 26.5 Å². The lowest BCUT2D eigenvalue weighted by atomic mass is 10.0. The molecule has 0 bridgehead atoms. The van der Waals surface area contributed by atoms with Crippen molar-refractivity contribution >= 4 is 28.4 Å². The summed E-state index contributed by atoms with van der Waals surface area (Å²) in [6, 6.07) is 5.25. The summed E-state index contributed by atoms with van der Waals surface area (Å²) < 4.78 is 33.4. The maximum Gasteiger partial charge on any atom is 0.355 e. The predicted molar refractivity (Wildman–Crippen MR) is 165 cm³/mol. The first kappa shape index (κ1) is 29.2. The minimum absolute atomic E-state index is 0.0594. The summed E-state index contributed by atoms with van der Waals surface area (Å²) >= 11 is 0. The summed E-state index contributed by atoms with van der Waals surface area (Å²) in [7, 11) is 1.71. The van der Waals surface area contributed by atoms with Crippen LogP contribution in [0.3, 0.4) is 0 Å². The van der Waals surface area contributed by atoms with Crippen LogP contribution in [0.1, 0.15) is 37.4 Å². The average molecular weight is 602 g/mol. The van der Waals surface area contributed by atoms with Crippen molar-refractivity contribution in [3.05, 3.63) is 76.5 Å². The molecule has 5 heterocycles. The van der Waals surface area contributed by atoms with Crippen molar-refractivity contribution in [1.29, 1.82) is 0 Å². The van der Waals surface area contributed by atoms with E-state index < -0.39 is 34.3 Å². The van der Waals surface area contributed by atoms with Crippen LogP contribution in [0.25, 0.3) is 28.0 Å². The number of hydrogen-bond donors (Lipinski definition) is 1. The van der Waals surface area contributed by atoms with Crippen LogP contribution in [0.2, 0.25) is 0 Å². The molecule has 0 saturated carbocycles. The van der Waals surface area contributed by atoms with Crippen molar-refractivity contribution in [2.75, 3.05) is 43.0 Å². The van der Waals surface area contributed by atoms with Crippen LogP contribution in [0.5, 0.6) is 5.75 Å². The lowest BCUT2D eigenvalue weighted by Gasteiger charge is -2.44. The zero-order chi connectivity index (χ0) is 31.4. The molecule has 6 rings (SSSR count). The van der Waals surface area contributed by atoms with Crippen LogP contribution in [0, 0.1) is 18.6 Å². The topological polar surface area (TPSA) is 108 Å². The highest BCUT2D eigenvalue weighted by Crippen LogP contribution is 2.43. The maximum atomic E-state index is 16.8. The van der Waals surface area contributed by atoms with Gasteiger partial charge in [-0.05, 0) is 49.1 Å². The van der Waals surface area contributed by atoms with Crippen molar-refractivity contribution in [2.24, 2.45) is 0 Å². The number of pyridine rings is 2. The van der Waals surface area contributed by atoms with E-state index in [0.717, 1.165) is 11.6 Å². The fourth-order valence-corrected chi connectivity index (χ4v) is 6.32. The van der Waals surface area contributed by atoms with Crippen LogP contribution < -0.4 is 15.5 Å². The number of fused-ring (bicyclic) bond motifs is 2. The number of carbonyl (C=O) groups is 1. The average Bonchev–Trinajstić information content (AvgIpc) is 2.99. The number of halogens is 2. The molecule has 1 atom stereocenters. The highest BCUT2D eigenvalue weighted by molar-refractivity contribution is 6.02. The fourth-order valence-electron chi connectivity index (χ4n) is 6.32. The van der Waals surface area contributed by atoms with Gasteiger partial charge in [-0.15, -0.1) is 0 Å². The molecule has 1 amide bonds. The zero-order valence-corrected chi connectivity index (χ0v) is 25.0. The van der Waals surface area contributed by atoms with Gasteiger partial charge in [0.1, 0.15) is 23.1 Å². The Morgan fingerprint density at radius 2 is 1.91 bits per heavy atom. The van der Waals surface area contributed by atoms with Crippen LogP contribution in [-0.2, 0) is 4.79 Å². The number of phenols is 1. The Kier molecular flexibility index (Phi) is 7.30. The number of hydrogen-bond acceptors (Lipinski definition) is 8. The first-order valence-corrected chi connectivity index (χ1v) is 14.5. The number of aromatic nitrogens is 4. The number of rotatable bonds is 4. The Labute approximate surface area is 252 Å². The van der Waals surface area contributed by atoms with Crippen molar-refractivity contribution in [3.63, 3.8) is 0 Å². The highest BCUT2D eigenvalue weighted by Gasteiger charge is 2.37. The van der Waals surface area contributed by atoms with Gasteiger partial charge in [0.05, 0.1) is 28.0 Å². The number of aryl methyl sites for hydroxylation is 1. The van der Waals surface area contributed by atoms with Crippen LogP contribution in [-0.4, -0.2) is 74.7 Å². The molecule has 10 nitrogen and oxygen atoms in total. The maximum absolute atomic E-state index is 16.8. The van der Waals surface area contributed by atoms with Gasteiger partial charge in [0.15, 0.2) is 11.5 Å². The van der Waals surface area contributed by atoms with E-state index in [1.54, 1.807) is 29.1 Å². The molecule has 0 aliphatic carbocycles. The Balaban J connectivity index is 1.75. The molecular weight excluding hydrogens is 568 g/mol. The SMILES string of the molecule is C=CC(=O)N1CCN2c3nc(=O)n(-c4c(C)ccnc4C(C)C)c4nc(-c5c(O)cccc5F)c(F)c(c34)N(C)CCC2C1. The third-order valence-corrected chi connectivity index (χ3v) is 8.50. The van der Waals surface area contributed by atoms with E-state index in [2.05, 4.69) is 21.5 Å². The van der Waals surface area contributed by atoms with Gasteiger partial charge >= 0.3 is 5.69 Å². The van der Waals surface area contributed by atoms with Gasteiger partial charge in [0.2, 0.25) is 5.91 Å². The Morgan fingerprint density at radius 1 is 1.14 bits per heavy atom. The molecule has 0 spiro atoms. The molecule has 1 aromatic carbocycles. The lowest BCUT2D eigenvalue weighted by molar-refractivity contribution is -0.126. The molecule has 1 unspecified atom stereocenters. The smallest absolute Gasteiger partial charge is 0.355 e. The third-order valence-electron chi connectivity index (χ3n) is 8.50. The molecular formula is C32H33F2N7O3. The number of amides is 1. The summed E-state index contributed by atoms with van der Waals surface area (Å²) in [6.45, 7) is 10.8. The standard InChI is InChI=1S/C32H33F2N7O3/c1-6-22(43)39-14-15-40-19(16-39)11-13-38(5)29-24-30(40)37-32(44)41(28-18(4)10-12-35-26(28)17(2)3)31(24)36-27(25(29)34)23-20(33)8-7-9-21(23)42/h6-10,12,17,19,42H,1,11,13-16H2,2-5H3. The Morgan fingerprint density at radius 3 is 2.61 bits per heavy atom. The van der Waals surface area contributed by atoms with E-state index in [0.29, 0.717) is 44.0 Å². The van der Waals surface area contributed by atoms with Gasteiger partial charge in [0.25, 0.3) is 0 Å². The van der Waals surface area contributed by atoms with Crippen LogP contribution in [0.15, 0.2) is 47.9 Å². The van der Waals surface area contributed by atoms with E-state index in [4.69, 9.17) is 0 Å². The summed E-state index contributed by atoms with van der Waals surface area (Å²) in [4.78, 5) is 45.8. The Hall–Kier alpha value is -4.87. The molecule has 228 valence electrons. The zero-order valence-electron chi connectivity index (χ0n) is 25.0. The lowest BCUT2D eigenvalue weighted by Crippen LogP contribution is -2.56. The number of anilines is 2. The van der Waals surface area contributed by atoms with E-state index in [1.807, 2.05) is 25.7 Å². The van der Waals surface area contributed by atoms with Crippen molar-refractivity contribution in [3.8, 4) is 22.7 Å². The first-order chi connectivity index (χ1) is 21.0. The minimum Gasteiger partial charge on any atom is -0.507 e. The van der Waals surface area contributed by atoms with Crippen molar-refractivity contribution in [1.82, 2.24) is 24.4 Å².